The van der Waals surface area contributed by atoms with Crippen molar-refractivity contribution in [3.8, 4) is 5.75 Å². The van der Waals surface area contributed by atoms with Gasteiger partial charge in [-0.25, -0.2) is 14.7 Å². The first-order valence-electron chi connectivity index (χ1n) is 10.6. The number of carbonyl (C=O) groups is 2. The summed E-state index contributed by atoms with van der Waals surface area (Å²) in [6.45, 7) is 7.50. The Morgan fingerprint density at radius 3 is 2.59 bits per heavy atom. The van der Waals surface area contributed by atoms with E-state index in [4.69, 9.17) is 9.47 Å². The topological polar surface area (TPSA) is 97.4 Å². The molecule has 8 nitrogen and oxygen atoms in total. The van der Waals surface area contributed by atoms with Gasteiger partial charge in [-0.15, -0.1) is 0 Å². The molecule has 8 heteroatoms. The lowest BCUT2D eigenvalue weighted by Gasteiger charge is -2.29. The average molecular weight is 437 g/mol. The highest BCUT2D eigenvalue weighted by Gasteiger charge is 2.52. The molecule has 0 spiro atoms. The van der Waals surface area contributed by atoms with Crippen molar-refractivity contribution < 1.29 is 19.1 Å². The highest BCUT2D eigenvalue weighted by atomic mass is 16.6. The van der Waals surface area contributed by atoms with Gasteiger partial charge in [0.2, 0.25) is 5.91 Å². The van der Waals surface area contributed by atoms with E-state index >= 15 is 0 Å². The second kappa shape index (κ2) is 7.93. The zero-order valence-electron chi connectivity index (χ0n) is 19.1. The average Bonchev–Trinajstić information content (AvgIpc) is 3.27. The van der Waals surface area contributed by atoms with E-state index in [0.717, 1.165) is 22.5 Å². The number of amides is 2. The Morgan fingerprint density at radius 2 is 1.94 bits per heavy atom. The Kier molecular flexibility index (Phi) is 5.40. The van der Waals surface area contributed by atoms with Gasteiger partial charge in [-0.3, -0.25) is 9.78 Å². The summed E-state index contributed by atoms with van der Waals surface area (Å²) in [6, 6.07) is 7.51. The number of hydrogen-bond acceptors (Lipinski definition) is 6. The van der Waals surface area contributed by atoms with Gasteiger partial charge < -0.3 is 14.5 Å². The fraction of sp³-hybridized carbons (Fsp3) is 0.417. The molecule has 3 heterocycles. The molecule has 168 valence electrons. The van der Waals surface area contributed by atoms with Crippen LogP contribution in [0.25, 0.3) is 11.0 Å². The Morgan fingerprint density at radius 1 is 1.22 bits per heavy atom. The first-order chi connectivity index (χ1) is 15.1. The minimum absolute atomic E-state index is 0.274. The third kappa shape index (κ3) is 3.81. The number of nitrogens with one attached hydrogen (secondary N) is 1. The largest absolute Gasteiger partial charge is 0.494 e. The molecule has 1 atom stereocenters. The number of fused-ring (bicyclic) bond motifs is 1. The van der Waals surface area contributed by atoms with Gasteiger partial charge >= 0.3 is 6.09 Å². The summed E-state index contributed by atoms with van der Waals surface area (Å²) in [6.07, 6.45) is 3.66. The van der Waals surface area contributed by atoms with Crippen LogP contribution in [0.5, 0.6) is 5.75 Å². The Balaban J connectivity index is 1.85. The maximum Gasteiger partial charge on any atom is 0.417 e. The fourth-order valence-corrected chi connectivity index (χ4v) is 4.36. The highest BCUT2D eigenvalue weighted by Crippen LogP contribution is 2.43. The molecule has 0 bridgehead atoms. The van der Waals surface area contributed by atoms with E-state index in [2.05, 4.69) is 15.0 Å². The van der Waals surface area contributed by atoms with Crippen molar-refractivity contribution in [2.45, 2.75) is 51.6 Å². The molecule has 0 aliphatic carbocycles. The zero-order chi connectivity index (χ0) is 23.1. The van der Waals surface area contributed by atoms with Crippen LogP contribution in [0.15, 0.2) is 36.7 Å². The lowest BCUT2D eigenvalue weighted by atomic mass is 9.73. The second-order valence-corrected chi connectivity index (χ2v) is 9.16. The number of aryl methyl sites for hydroxylation is 1. The number of H-pyrrole nitrogens is 1. The predicted octanol–water partition coefficient (Wildman–Crippen LogP) is 3.92. The molecule has 1 aliphatic heterocycles. The summed E-state index contributed by atoms with van der Waals surface area (Å²) in [5.74, 6) is 1.09. The van der Waals surface area contributed by atoms with Gasteiger partial charge in [0, 0.05) is 18.9 Å². The fourth-order valence-electron chi connectivity index (χ4n) is 4.36. The number of aromatic amines is 1. The predicted molar refractivity (Wildman–Crippen MR) is 120 cm³/mol. The zero-order valence-corrected chi connectivity index (χ0v) is 19.1. The minimum atomic E-state index is -0.968. The van der Waals surface area contributed by atoms with Crippen molar-refractivity contribution in [3.05, 3.63) is 53.6 Å². The lowest BCUT2D eigenvalue weighted by Crippen LogP contribution is -2.44. The van der Waals surface area contributed by atoms with E-state index in [1.54, 1.807) is 40.3 Å². The van der Waals surface area contributed by atoms with Crippen LogP contribution >= 0.6 is 0 Å². The van der Waals surface area contributed by atoms with Gasteiger partial charge in [0.05, 0.1) is 18.0 Å². The third-order valence-electron chi connectivity index (χ3n) is 5.75. The molecule has 32 heavy (non-hydrogen) atoms. The quantitative estimate of drug-likeness (QED) is 0.666. The number of imidazole rings is 1. The molecule has 1 unspecified atom stereocenters. The molecular formula is C24H28N4O4. The monoisotopic (exact) mass is 436 g/mol. The first kappa shape index (κ1) is 21.8. The summed E-state index contributed by atoms with van der Waals surface area (Å²) in [7, 11) is 1.60. The Bertz CT molecular complexity index is 1170. The van der Waals surface area contributed by atoms with Crippen molar-refractivity contribution in [2.24, 2.45) is 0 Å². The number of imide groups is 1. The standard InChI is InChI=1S/C24H28N4O4/c1-15-26-19-17(6-7-18(31-5)20(19)27-15)24(14-16-8-11-25-12-9-16)10-13-28(21(24)29)22(30)32-23(2,3)4/h6-9,11-12H,10,13-14H2,1-5H3,(H,26,27). The van der Waals surface area contributed by atoms with Gasteiger partial charge in [0.15, 0.2) is 0 Å². The Labute approximate surface area is 187 Å². The molecule has 3 aromatic rings. The van der Waals surface area contributed by atoms with Crippen molar-refractivity contribution >= 4 is 23.0 Å². The smallest absolute Gasteiger partial charge is 0.417 e. The van der Waals surface area contributed by atoms with Crippen molar-refractivity contribution in [1.29, 1.82) is 0 Å². The number of hydrogen-bond donors (Lipinski definition) is 1. The number of methoxy groups -OCH3 is 1. The van der Waals surface area contributed by atoms with Crippen LogP contribution in [0.3, 0.4) is 0 Å². The molecule has 2 amide bonds. The SMILES string of the molecule is COc1ccc(C2(Cc3ccncc3)CCN(C(=O)OC(C)(C)C)C2=O)c2nc(C)[nH]c12. The van der Waals surface area contributed by atoms with E-state index in [1.165, 1.54) is 4.90 Å². The molecule has 1 aliphatic rings. The van der Waals surface area contributed by atoms with Gasteiger partial charge in [0.25, 0.3) is 0 Å². The summed E-state index contributed by atoms with van der Waals surface area (Å²) in [4.78, 5) is 40.0. The van der Waals surface area contributed by atoms with Crippen LogP contribution in [0.4, 0.5) is 4.79 Å². The first-order valence-corrected chi connectivity index (χ1v) is 10.6. The highest BCUT2D eigenvalue weighted by molar-refractivity contribution is 6.03. The maximum absolute atomic E-state index is 13.9. The number of likely N-dealkylation sites (tertiary alicyclic amines) is 1. The van der Waals surface area contributed by atoms with Gasteiger partial charge in [-0.2, -0.15) is 0 Å². The van der Waals surface area contributed by atoms with E-state index in [1.807, 2.05) is 31.2 Å². The number of carbonyl (C=O) groups excluding carboxylic acids is 2. The van der Waals surface area contributed by atoms with Crippen molar-refractivity contribution in [2.75, 3.05) is 13.7 Å². The van der Waals surface area contributed by atoms with E-state index in [9.17, 15) is 9.59 Å². The second-order valence-electron chi connectivity index (χ2n) is 9.16. The lowest BCUT2D eigenvalue weighted by molar-refractivity contribution is -0.131. The van der Waals surface area contributed by atoms with Gasteiger partial charge in [0.1, 0.15) is 22.7 Å². The van der Waals surface area contributed by atoms with Crippen molar-refractivity contribution in [3.63, 3.8) is 0 Å². The Hall–Kier alpha value is -3.42. The summed E-state index contributed by atoms with van der Waals surface area (Å²) >= 11 is 0. The van der Waals surface area contributed by atoms with Crippen LogP contribution in [0.2, 0.25) is 0 Å². The molecule has 0 saturated carbocycles. The van der Waals surface area contributed by atoms with Crippen LogP contribution in [-0.4, -0.2) is 51.1 Å². The number of ether oxygens (including phenoxy) is 2. The maximum atomic E-state index is 13.9. The normalized spacial score (nSPS) is 18.9. The third-order valence-corrected chi connectivity index (χ3v) is 5.75. The number of nitrogens with zero attached hydrogens (tertiary/aromatic N) is 3. The molecular weight excluding hydrogens is 408 g/mol. The number of pyridine rings is 1. The van der Waals surface area contributed by atoms with E-state index < -0.39 is 17.1 Å². The van der Waals surface area contributed by atoms with E-state index in [-0.39, 0.29) is 12.5 Å². The van der Waals surface area contributed by atoms with Crippen LogP contribution in [-0.2, 0) is 21.4 Å². The van der Waals surface area contributed by atoms with E-state index in [0.29, 0.717) is 24.1 Å². The number of aromatic nitrogens is 3. The number of benzene rings is 1. The van der Waals surface area contributed by atoms with Crippen LogP contribution < -0.4 is 4.74 Å². The summed E-state index contributed by atoms with van der Waals surface area (Å²) in [5, 5.41) is 0. The molecule has 1 saturated heterocycles. The van der Waals surface area contributed by atoms with Crippen LogP contribution in [0, 0.1) is 6.92 Å². The van der Waals surface area contributed by atoms with Gasteiger partial charge in [-0.05, 0) is 69.9 Å². The number of rotatable bonds is 4. The summed E-state index contributed by atoms with van der Waals surface area (Å²) < 4.78 is 11.0. The molecule has 1 fully saturated rings. The molecule has 4 rings (SSSR count). The molecule has 1 aromatic carbocycles. The van der Waals surface area contributed by atoms with Crippen molar-refractivity contribution in [1.82, 2.24) is 19.9 Å². The van der Waals surface area contributed by atoms with Crippen LogP contribution in [0.1, 0.15) is 44.1 Å². The molecule has 0 radical (unpaired) electrons. The minimum Gasteiger partial charge on any atom is -0.494 e. The summed E-state index contributed by atoms with van der Waals surface area (Å²) in [5.41, 5.74) is 1.47. The van der Waals surface area contributed by atoms with Gasteiger partial charge in [-0.1, -0.05) is 6.07 Å². The molecule has 2 aromatic heterocycles. The molecule has 1 N–H and O–H groups in total.